The third-order valence-corrected chi connectivity index (χ3v) is 5.53. The highest BCUT2D eigenvalue weighted by atomic mass is 35.5. The fraction of sp³-hybridized carbons (Fsp3) is 0.208. The number of hydrazone groups is 1. The van der Waals surface area contributed by atoms with Crippen LogP contribution in [0.25, 0.3) is 0 Å². The van der Waals surface area contributed by atoms with Gasteiger partial charge in [-0.1, -0.05) is 35.9 Å². The third-order valence-electron chi connectivity index (χ3n) is 5.30. The second-order valence-corrected chi connectivity index (χ2v) is 7.92. The number of fused-ring (bicyclic) bond motifs is 1. The molecule has 2 aromatic carbocycles. The summed E-state index contributed by atoms with van der Waals surface area (Å²) in [5.41, 5.74) is 6.92. The molecule has 0 fully saturated rings. The first-order chi connectivity index (χ1) is 14.9. The molecule has 0 saturated heterocycles. The molecular formula is C24H22ClN3O3. The van der Waals surface area contributed by atoms with Crippen LogP contribution in [0.4, 0.5) is 5.69 Å². The maximum absolute atomic E-state index is 12.8. The van der Waals surface area contributed by atoms with Gasteiger partial charge in [-0.25, -0.2) is 5.43 Å². The number of benzene rings is 2. The summed E-state index contributed by atoms with van der Waals surface area (Å²) in [6, 6.07) is 14.3. The molecule has 3 aromatic rings. The lowest BCUT2D eigenvalue weighted by Gasteiger charge is -2.13. The molecule has 158 valence electrons. The summed E-state index contributed by atoms with van der Waals surface area (Å²) < 4.78 is 5.90. The molecule has 7 heteroatoms. The van der Waals surface area contributed by atoms with Gasteiger partial charge in [-0.3, -0.25) is 9.59 Å². The van der Waals surface area contributed by atoms with Crippen molar-refractivity contribution in [1.29, 1.82) is 0 Å². The molecule has 0 unspecified atom stereocenters. The average molecular weight is 436 g/mol. The summed E-state index contributed by atoms with van der Waals surface area (Å²) in [5.74, 6) is 0.337. The number of amides is 2. The molecule has 1 aliphatic carbocycles. The van der Waals surface area contributed by atoms with Crippen LogP contribution in [0.2, 0.25) is 5.02 Å². The number of hydrogen-bond donors (Lipinski definition) is 2. The van der Waals surface area contributed by atoms with Gasteiger partial charge in [0.15, 0.2) is 5.76 Å². The summed E-state index contributed by atoms with van der Waals surface area (Å²) in [5, 5.41) is 7.73. The highest BCUT2D eigenvalue weighted by Crippen LogP contribution is 2.30. The highest BCUT2D eigenvalue weighted by Gasteiger charge is 2.28. The Morgan fingerprint density at radius 3 is 2.61 bits per heavy atom. The summed E-state index contributed by atoms with van der Waals surface area (Å²) in [7, 11) is 0. The first-order valence-corrected chi connectivity index (χ1v) is 10.4. The van der Waals surface area contributed by atoms with Crippen LogP contribution in [0.5, 0.6) is 0 Å². The van der Waals surface area contributed by atoms with Crippen LogP contribution in [0.15, 0.2) is 58.0 Å². The van der Waals surface area contributed by atoms with Gasteiger partial charge in [0, 0.05) is 33.8 Å². The van der Waals surface area contributed by atoms with Gasteiger partial charge in [0.25, 0.3) is 11.8 Å². The number of nitrogens with one attached hydrogen (secondary N) is 2. The summed E-state index contributed by atoms with van der Waals surface area (Å²) in [6.07, 6.45) is 2.23. The van der Waals surface area contributed by atoms with E-state index < -0.39 is 0 Å². The first-order valence-electron chi connectivity index (χ1n) is 10.1. The standard InChI is InChI=1S/C24H22ClN3O3/c1-14-7-3-4-10-18(14)23(29)28-27-19-11-6-12-20-21(19)15(2)22(31-20)24(30)26-17-9-5-8-16(25)13-17/h3-5,7-10,13H,6,11-12H2,1-2H3,(H,26,30)(H,28,29)/b27-19+. The van der Waals surface area contributed by atoms with Crippen LogP contribution in [-0.2, 0) is 6.42 Å². The van der Waals surface area contributed by atoms with Crippen LogP contribution in [0.3, 0.4) is 0 Å². The van der Waals surface area contributed by atoms with Crippen molar-refractivity contribution in [3.05, 3.63) is 87.3 Å². The number of nitrogens with zero attached hydrogens (tertiary/aromatic N) is 1. The van der Waals surface area contributed by atoms with Crippen molar-refractivity contribution in [3.8, 4) is 0 Å². The molecule has 0 bridgehead atoms. The van der Waals surface area contributed by atoms with Crippen molar-refractivity contribution in [3.63, 3.8) is 0 Å². The lowest BCUT2D eigenvalue weighted by molar-refractivity contribution is 0.0953. The van der Waals surface area contributed by atoms with E-state index >= 15 is 0 Å². The molecule has 4 rings (SSSR count). The van der Waals surface area contributed by atoms with Crippen molar-refractivity contribution in [1.82, 2.24) is 5.43 Å². The van der Waals surface area contributed by atoms with Gasteiger partial charge >= 0.3 is 0 Å². The third kappa shape index (κ3) is 4.39. The Labute approximate surface area is 185 Å². The van der Waals surface area contributed by atoms with E-state index in [9.17, 15) is 9.59 Å². The molecule has 2 N–H and O–H groups in total. The molecule has 2 amide bonds. The van der Waals surface area contributed by atoms with Crippen LogP contribution < -0.4 is 10.7 Å². The van der Waals surface area contributed by atoms with Gasteiger partial charge < -0.3 is 9.73 Å². The van der Waals surface area contributed by atoms with Gasteiger partial charge in [0.1, 0.15) is 5.76 Å². The zero-order chi connectivity index (χ0) is 22.0. The van der Waals surface area contributed by atoms with Gasteiger partial charge in [0.05, 0.1) is 5.71 Å². The van der Waals surface area contributed by atoms with E-state index in [-0.39, 0.29) is 17.6 Å². The lowest BCUT2D eigenvalue weighted by Crippen LogP contribution is -2.22. The van der Waals surface area contributed by atoms with Gasteiger partial charge in [-0.05, 0) is 56.5 Å². The predicted octanol–water partition coefficient (Wildman–Crippen LogP) is 5.27. The topological polar surface area (TPSA) is 83.7 Å². The Balaban J connectivity index is 1.58. The fourth-order valence-electron chi connectivity index (χ4n) is 3.76. The Bertz CT molecular complexity index is 1200. The van der Waals surface area contributed by atoms with E-state index in [0.29, 0.717) is 46.2 Å². The minimum atomic E-state index is -0.350. The number of halogens is 1. The molecule has 31 heavy (non-hydrogen) atoms. The summed E-state index contributed by atoms with van der Waals surface area (Å²) in [4.78, 5) is 25.3. The number of carbonyl (C=O) groups excluding carboxylic acids is 2. The van der Waals surface area contributed by atoms with Crippen molar-refractivity contribution in [2.75, 3.05) is 5.32 Å². The van der Waals surface area contributed by atoms with Crippen molar-refractivity contribution < 1.29 is 14.0 Å². The fourth-order valence-corrected chi connectivity index (χ4v) is 3.95. The highest BCUT2D eigenvalue weighted by molar-refractivity contribution is 6.31. The second-order valence-electron chi connectivity index (χ2n) is 7.49. The summed E-state index contributed by atoms with van der Waals surface area (Å²) >= 11 is 6.00. The van der Waals surface area contributed by atoms with Gasteiger partial charge in [0.2, 0.25) is 0 Å². The predicted molar refractivity (Wildman–Crippen MR) is 121 cm³/mol. The first kappa shape index (κ1) is 20.9. The molecule has 6 nitrogen and oxygen atoms in total. The largest absolute Gasteiger partial charge is 0.455 e. The van der Waals surface area contributed by atoms with E-state index in [1.54, 1.807) is 30.3 Å². The summed E-state index contributed by atoms with van der Waals surface area (Å²) in [6.45, 7) is 3.71. The smallest absolute Gasteiger partial charge is 0.291 e. The molecule has 1 heterocycles. The Morgan fingerprint density at radius 2 is 1.84 bits per heavy atom. The number of furan rings is 1. The number of aryl methyl sites for hydroxylation is 2. The van der Waals surface area contributed by atoms with Gasteiger partial charge in [-0.2, -0.15) is 5.10 Å². The van der Waals surface area contributed by atoms with Crippen LogP contribution in [0, 0.1) is 13.8 Å². The minimum absolute atomic E-state index is 0.241. The van der Waals surface area contributed by atoms with Crippen LogP contribution >= 0.6 is 11.6 Å². The Kier molecular flexibility index (Phi) is 5.91. The lowest BCUT2D eigenvalue weighted by atomic mass is 9.93. The molecule has 1 aromatic heterocycles. The quantitative estimate of drug-likeness (QED) is 0.547. The SMILES string of the molecule is Cc1ccccc1C(=O)N/N=C1\CCCc2oc(C(=O)Nc3cccc(Cl)c3)c(C)c21. The van der Waals surface area contributed by atoms with E-state index in [2.05, 4.69) is 15.8 Å². The normalized spacial score (nSPS) is 14.2. The van der Waals surface area contributed by atoms with E-state index in [1.807, 2.05) is 32.0 Å². The number of carbonyl (C=O) groups is 2. The molecule has 0 atom stereocenters. The average Bonchev–Trinajstić information content (AvgIpc) is 3.10. The monoisotopic (exact) mass is 435 g/mol. The van der Waals surface area contributed by atoms with E-state index in [1.165, 1.54) is 0 Å². The van der Waals surface area contributed by atoms with Crippen molar-refractivity contribution >= 4 is 34.8 Å². The van der Waals surface area contributed by atoms with Crippen molar-refractivity contribution in [2.45, 2.75) is 33.1 Å². The maximum Gasteiger partial charge on any atom is 0.291 e. The molecule has 1 aliphatic rings. The molecule has 0 saturated carbocycles. The molecule has 0 spiro atoms. The zero-order valence-corrected chi connectivity index (χ0v) is 18.0. The minimum Gasteiger partial charge on any atom is -0.455 e. The second kappa shape index (κ2) is 8.78. The Morgan fingerprint density at radius 1 is 1.03 bits per heavy atom. The van der Waals surface area contributed by atoms with Crippen molar-refractivity contribution in [2.24, 2.45) is 5.10 Å². The van der Waals surface area contributed by atoms with Gasteiger partial charge in [-0.15, -0.1) is 0 Å². The number of rotatable bonds is 4. The Hall–Kier alpha value is -3.38. The molecular weight excluding hydrogens is 414 g/mol. The molecule has 0 radical (unpaired) electrons. The maximum atomic E-state index is 12.8. The number of anilines is 1. The van der Waals surface area contributed by atoms with E-state index in [0.717, 1.165) is 17.5 Å². The van der Waals surface area contributed by atoms with Crippen LogP contribution in [0.1, 0.15) is 56.2 Å². The zero-order valence-electron chi connectivity index (χ0n) is 17.3. The number of hydrogen-bond acceptors (Lipinski definition) is 4. The molecule has 0 aliphatic heterocycles. The van der Waals surface area contributed by atoms with E-state index in [4.69, 9.17) is 16.0 Å². The van der Waals surface area contributed by atoms with Crippen LogP contribution in [-0.4, -0.2) is 17.5 Å².